The van der Waals surface area contributed by atoms with E-state index in [0.717, 1.165) is 10.4 Å². The molecule has 0 N–H and O–H groups in total. The molecule has 35 heavy (non-hydrogen) atoms. The highest BCUT2D eigenvalue weighted by atomic mass is 28.4. The average Bonchev–Trinajstić information content (AvgIpc) is 3.09. The normalized spacial score (nSPS) is 19.0. The van der Waals surface area contributed by atoms with Gasteiger partial charge in [0, 0.05) is 5.92 Å². The van der Waals surface area contributed by atoms with Crippen molar-refractivity contribution >= 4 is 30.7 Å². The van der Waals surface area contributed by atoms with E-state index in [9.17, 15) is 9.59 Å². The number of carbonyl (C=O) groups is 2. The van der Waals surface area contributed by atoms with E-state index in [1.54, 1.807) is 26.8 Å². The van der Waals surface area contributed by atoms with Crippen LogP contribution >= 0.6 is 0 Å². The van der Waals surface area contributed by atoms with Gasteiger partial charge in [-0.15, -0.1) is 6.58 Å². The second-order valence-corrected chi connectivity index (χ2v) is 15.6. The molecule has 2 aromatic carbocycles. The van der Waals surface area contributed by atoms with Gasteiger partial charge in [-0.3, -0.25) is 4.79 Å². The van der Waals surface area contributed by atoms with Crippen LogP contribution in [0.2, 0.25) is 5.04 Å². The van der Waals surface area contributed by atoms with Gasteiger partial charge in [-0.1, -0.05) is 87.5 Å². The summed E-state index contributed by atoms with van der Waals surface area (Å²) in [6.07, 6.45) is 2.18. The highest BCUT2D eigenvalue weighted by molar-refractivity contribution is 6.99. The topological polar surface area (TPSA) is 55.8 Å². The Morgan fingerprint density at radius 1 is 1.00 bits per heavy atom. The van der Waals surface area contributed by atoms with Crippen LogP contribution < -0.4 is 10.4 Å². The number of imide groups is 1. The lowest BCUT2D eigenvalue weighted by atomic mass is 10.0. The van der Waals surface area contributed by atoms with E-state index in [1.165, 1.54) is 4.90 Å². The van der Waals surface area contributed by atoms with Crippen LogP contribution in [0.3, 0.4) is 0 Å². The van der Waals surface area contributed by atoms with Crippen molar-refractivity contribution in [3.63, 3.8) is 0 Å². The third-order valence-electron chi connectivity index (χ3n) is 6.46. The zero-order valence-corrected chi connectivity index (χ0v) is 22.9. The minimum absolute atomic E-state index is 0.199. The molecule has 1 saturated heterocycles. The summed E-state index contributed by atoms with van der Waals surface area (Å²) in [6.45, 7) is 16.1. The number of likely N-dealkylation sites (tertiary alicyclic amines) is 1. The van der Waals surface area contributed by atoms with Gasteiger partial charge >= 0.3 is 6.09 Å². The van der Waals surface area contributed by atoms with Gasteiger partial charge in [0.2, 0.25) is 5.91 Å². The summed E-state index contributed by atoms with van der Waals surface area (Å²) < 4.78 is 12.7. The van der Waals surface area contributed by atoms with Gasteiger partial charge in [0.1, 0.15) is 5.60 Å². The molecule has 1 fully saturated rings. The first-order valence-corrected chi connectivity index (χ1v) is 14.2. The van der Waals surface area contributed by atoms with Crippen LogP contribution in [0.1, 0.15) is 54.4 Å². The molecule has 0 aromatic heterocycles. The second-order valence-electron chi connectivity index (χ2n) is 11.3. The summed E-state index contributed by atoms with van der Waals surface area (Å²) in [5, 5.41) is 2.12. The van der Waals surface area contributed by atoms with Gasteiger partial charge in [0.25, 0.3) is 8.32 Å². The maximum absolute atomic E-state index is 13.2. The summed E-state index contributed by atoms with van der Waals surface area (Å²) in [5.41, 5.74) is -0.697. The number of rotatable bonds is 7. The lowest BCUT2D eigenvalue weighted by molar-refractivity contribution is -0.131. The molecule has 3 rings (SSSR count). The molecule has 0 aliphatic carbocycles. The van der Waals surface area contributed by atoms with Gasteiger partial charge in [-0.2, -0.15) is 0 Å². The molecule has 1 unspecified atom stereocenters. The largest absolute Gasteiger partial charge is 0.443 e. The Kier molecular flexibility index (Phi) is 8.07. The zero-order valence-electron chi connectivity index (χ0n) is 21.9. The van der Waals surface area contributed by atoms with Crippen molar-refractivity contribution < 1.29 is 18.8 Å². The van der Waals surface area contributed by atoms with Crippen LogP contribution in [0.15, 0.2) is 73.3 Å². The van der Waals surface area contributed by atoms with E-state index in [1.807, 2.05) is 36.4 Å². The van der Waals surface area contributed by atoms with Gasteiger partial charge in [0.15, 0.2) is 0 Å². The third kappa shape index (κ3) is 5.76. The Labute approximate surface area is 211 Å². The maximum Gasteiger partial charge on any atom is 0.417 e. The van der Waals surface area contributed by atoms with Crippen LogP contribution in [0, 0.1) is 5.92 Å². The fourth-order valence-corrected chi connectivity index (χ4v) is 9.58. The number of nitrogens with zero attached hydrogens (tertiary/aromatic N) is 1. The molecule has 1 heterocycles. The number of allylic oxidation sites excluding steroid dienone is 1. The minimum atomic E-state index is -2.80. The maximum atomic E-state index is 13.2. The van der Waals surface area contributed by atoms with Crippen molar-refractivity contribution in [2.24, 2.45) is 5.92 Å². The van der Waals surface area contributed by atoms with Crippen molar-refractivity contribution in [3.8, 4) is 0 Å². The molecule has 2 amide bonds. The molecule has 5 nitrogen and oxygen atoms in total. The third-order valence-corrected chi connectivity index (χ3v) is 11.5. The summed E-state index contributed by atoms with van der Waals surface area (Å²) >= 11 is 0. The number of carbonyl (C=O) groups excluding carboxylic acids is 2. The van der Waals surface area contributed by atoms with E-state index < -0.39 is 26.1 Å². The van der Waals surface area contributed by atoms with Gasteiger partial charge in [0.05, 0.1) is 12.6 Å². The summed E-state index contributed by atoms with van der Waals surface area (Å²) in [4.78, 5) is 27.6. The molecular formula is C29H39NO4Si. The summed E-state index contributed by atoms with van der Waals surface area (Å²) in [6, 6.07) is 20.3. The smallest absolute Gasteiger partial charge is 0.417 e. The Bertz CT molecular complexity index is 985. The second kappa shape index (κ2) is 10.5. The number of ether oxygens (including phenoxy) is 1. The molecule has 0 bridgehead atoms. The predicted molar refractivity (Wildman–Crippen MR) is 143 cm³/mol. The highest BCUT2D eigenvalue weighted by Crippen LogP contribution is 2.38. The Hall–Kier alpha value is -2.70. The molecule has 2 aromatic rings. The Morgan fingerprint density at radius 3 is 1.94 bits per heavy atom. The van der Waals surface area contributed by atoms with E-state index >= 15 is 0 Å². The quantitative estimate of drug-likeness (QED) is 0.388. The Morgan fingerprint density at radius 2 is 1.51 bits per heavy atom. The van der Waals surface area contributed by atoms with E-state index in [-0.39, 0.29) is 23.5 Å². The first-order chi connectivity index (χ1) is 16.4. The van der Waals surface area contributed by atoms with Crippen LogP contribution in [0.5, 0.6) is 0 Å². The van der Waals surface area contributed by atoms with Crippen molar-refractivity contribution in [1.82, 2.24) is 4.90 Å². The summed E-state index contributed by atoms with van der Waals surface area (Å²) in [7, 11) is -2.80. The fraction of sp³-hybridized carbons (Fsp3) is 0.448. The first-order valence-electron chi connectivity index (χ1n) is 12.3. The van der Waals surface area contributed by atoms with E-state index in [0.29, 0.717) is 12.8 Å². The molecule has 6 heteroatoms. The number of amides is 2. The lowest BCUT2D eigenvalue weighted by Crippen LogP contribution is -2.67. The highest BCUT2D eigenvalue weighted by Gasteiger charge is 2.52. The summed E-state index contributed by atoms with van der Waals surface area (Å²) in [5.74, 6) is -0.511. The van der Waals surface area contributed by atoms with E-state index in [2.05, 4.69) is 51.6 Å². The zero-order chi connectivity index (χ0) is 25.9. The molecule has 1 aliphatic rings. The standard InChI is InChI=1S/C29H39NO4Si/c1-8-15-22-20-23(30(26(22)31)27(32)34-28(2,3)4)21-33-35(29(5,6)7,24-16-11-9-12-17-24)25-18-13-10-14-19-25/h8-14,16-19,22-23H,1,15,20-21H2,2-7H3/t22-,23?/m1/s1. The SMILES string of the molecule is C=CC[C@@H]1CC(CO[Si](c2ccccc2)(c2ccccc2)C(C)(C)C)N(C(=O)OC(C)(C)C)C1=O. The van der Waals surface area contributed by atoms with Crippen molar-refractivity contribution in [2.75, 3.05) is 6.61 Å². The average molecular weight is 494 g/mol. The number of hydrogen-bond acceptors (Lipinski definition) is 4. The van der Waals surface area contributed by atoms with Crippen molar-refractivity contribution in [2.45, 2.75) is 71.1 Å². The van der Waals surface area contributed by atoms with E-state index in [4.69, 9.17) is 9.16 Å². The Balaban J connectivity index is 2.02. The molecule has 1 aliphatic heterocycles. The number of benzene rings is 2. The van der Waals surface area contributed by atoms with Crippen LogP contribution in [0.25, 0.3) is 0 Å². The van der Waals surface area contributed by atoms with Crippen LogP contribution in [-0.4, -0.2) is 43.5 Å². The van der Waals surface area contributed by atoms with Crippen molar-refractivity contribution in [1.29, 1.82) is 0 Å². The molecular weight excluding hydrogens is 454 g/mol. The van der Waals surface area contributed by atoms with Gasteiger partial charge < -0.3 is 9.16 Å². The minimum Gasteiger partial charge on any atom is -0.443 e. The van der Waals surface area contributed by atoms with Gasteiger partial charge in [-0.05, 0) is 49.0 Å². The van der Waals surface area contributed by atoms with Crippen LogP contribution in [-0.2, 0) is 14.0 Å². The van der Waals surface area contributed by atoms with Crippen LogP contribution in [0.4, 0.5) is 4.79 Å². The molecule has 0 spiro atoms. The fourth-order valence-electron chi connectivity index (χ4n) is 4.99. The number of hydrogen-bond donors (Lipinski definition) is 0. The molecule has 0 radical (unpaired) electrons. The first kappa shape index (κ1) is 26.9. The predicted octanol–water partition coefficient (Wildman–Crippen LogP) is 5.29. The monoisotopic (exact) mass is 493 g/mol. The molecule has 2 atom stereocenters. The van der Waals surface area contributed by atoms with Crippen molar-refractivity contribution in [3.05, 3.63) is 73.3 Å². The molecule has 188 valence electrons. The van der Waals surface area contributed by atoms with Gasteiger partial charge in [-0.25, -0.2) is 9.69 Å². The lowest BCUT2D eigenvalue weighted by Gasteiger charge is -2.44. The molecule has 0 saturated carbocycles.